The number of nitrogens with one attached hydrogen (secondary N) is 2. The van der Waals surface area contributed by atoms with Crippen molar-refractivity contribution in [3.8, 4) is 0 Å². The van der Waals surface area contributed by atoms with Gasteiger partial charge >= 0.3 is 0 Å². The van der Waals surface area contributed by atoms with E-state index < -0.39 is 10.0 Å². The SMILES string of the molecule is CC(C)N(CC1CC1)S(=O)(=O)c1[nH]ncc1CNC1CC1. The summed E-state index contributed by atoms with van der Waals surface area (Å²) in [6, 6.07) is 0.506. The number of H-pyrrole nitrogens is 1. The molecule has 2 fully saturated rings. The summed E-state index contributed by atoms with van der Waals surface area (Å²) in [5.74, 6) is 0.526. The summed E-state index contributed by atoms with van der Waals surface area (Å²) in [5.41, 5.74) is 0.739. The van der Waals surface area contributed by atoms with Crippen molar-refractivity contribution in [2.24, 2.45) is 5.92 Å². The van der Waals surface area contributed by atoms with Gasteiger partial charge in [0, 0.05) is 30.7 Å². The number of nitrogens with zero attached hydrogens (tertiary/aromatic N) is 2. The lowest BCUT2D eigenvalue weighted by molar-refractivity contribution is 0.340. The third-order valence-electron chi connectivity index (χ3n) is 4.11. The predicted octanol–water partition coefficient (Wildman–Crippen LogP) is 1.47. The van der Waals surface area contributed by atoms with Gasteiger partial charge in [-0.3, -0.25) is 5.10 Å². The largest absolute Gasteiger partial charge is 0.310 e. The molecule has 0 spiro atoms. The molecule has 7 heteroatoms. The molecular formula is C14H24N4O2S. The lowest BCUT2D eigenvalue weighted by Gasteiger charge is -2.25. The van der Waals surface area contributed by atoms with Crippen LogP contribution in [0.3, 0.4) is 0 Å². The van der Waals surface area contributed by atoms with Gasteiger partial charge in [0.1, 0.15) is 0 Å². The van der Waals surface area contributed by atoms with E-state index in [1.807, 2.05) is 13.8 Å². The Morgan fingerprint density at radius 2 is 2.10 bits per heavy atom. The van der Waals surface area contributed by atoms with Gasteiger partial charge in [0.15, 0.2) is 5.03 Å². The summed E-state index contributed by atoms with van der Waals surface area (Å²) in [6.07, 6.45) is 6.26. The maximum absolute atomic E-state index is 12.9. The van der Waals surface area contributed by atoms with Gasteiger partial charge < -0.3 is 5.32 Å². The van der Waals surface area contributed by atoms with Crippen LogP contribution < -0.4 is 5.32 Å². The molecule has 0 atom stereocenters. The Kier molecular flexibility index (Phi) is 4.07. The summed E-state index contributed by atoms with van der Waals surface area (Å²) in [6.45, 7) is 5.04. The van der Waals surface area contributed by atoms with E-state index in [9.17, 15) is 8.42 Å². The molecule has 2 N–H and O–H groups in total. The quantitative estimate of drug-likeness (QED) is 0.762. The number of hydrogen-bond acceptors (Lipinski definition) is 4. The monoisotopic (exact) mass is 312 g/mol. The highest BCUT2D eigenvalue weighted by Crippen LogP contribution is 2.32. The summed E-state index contributed by atoms with van der Waals surface area (Å²) in [7, 11) is -3.49. The summed E-state index contributed by atoms with van der Waals surface area (Å²) >= 11 is 0. The maximum Gasteiger partial charge on any atom is 0.260 e. The summed E-state index contributed by atoms with van der Waals surface area (Å²) < 4.78 is 27.4. The first-order valence-electron chi connectivity index (χ1n) is 7.76. The fourth-order valence-corrected chi connectivity index (χ4v) is 4.27. The minimum Gasteiger partial charge on any atom is -0.310 e. The molecule has 0 saturated heterocycles. The molecule has 2 aliphatic carbocycles. The lowest BCUT2D eigenvalue weighted by atomic mass is 10.3. The zero-order valence-corrected chi connectivity index (χ0v) is 13.5. The van der Waals surface area contributed by atoms with Crippen LogP contribution in [0.5, 0.6) is 0 Å². The van der Waals surface area contributed by atoms with Gasteiger partial charge in [0.25, 0.3) is 10.0 Å². The Morgan fingerprint density at radius 3 is 2.67 bits per heavy atom. The normalized spacial score (nSPS) is 19.6. The zero-order chi connectivity index (χ0) is 15.0. The molecule has 0 aliphatic heterocycles. The molecule has 118 valence electrons. The van der Waals surface area contributed by atoms with Gasteiger partial charge in [0.2, 0.25) is 0 Å². The van der Waals surface area contributed by atoms with Crippen LogP contribution in [0.25, 0.3) is 0 Å². The van der Waals surface area contributed by atoms with E-state index in [1.165, 1.54) is 12.8 Å². The van der Waals surface area contributed by atoms with E-state index in [2.05, 4.69) is 15.5 Å². The van der Waals surface area contributed by atoms with Gasteiger partial charge in [-0.2, -0.15) is 9.40 Å². The molecule has 2 saturated carbocycles. The van der Waals surface area contributed by atoms with Crippen molar-refractivity contribution in [3.63, 3.8) is 0 Å². The predicted molar refractivity (Wildman–Crippen MR) is 80.2 cm³/mol. The molecule has 1 aromatic rings. The molecule has 0 radical (unpaired) electrons. The number of aromatic amines is 1. The minimum absolute atomic E-state index is 0.0388. The second kappa shape index (κ2) is 5.70. The number of hydrogen-bond donors (Lipinski definition) is 2. The second-order valence-electron chi connectivity index (χ2n) is 6.49. The Balaban J connectivity index is 1.79. The van der Waals surface area contributed by atoms with Crippen LogP contribution in [-0.4, -0.2) is 41.5 Å². The molecule has 3 rings (SSSR count). The Hall–Kier alpha value is -0.920. The molecule has 0 bridgehead atoms. The topological polar surface area (TPSA) is 78.1 Å². The van der Waals surface area contributed by atoms with Crippen LogP contribution in [-0.2, 0) is 16.6 Å². The van der Waals surface area contributed by atoms with Crippen molar-refractivity contribution < 1.29 is 8.42 Å². The number of rotatable bonds is 8. The van der Waals surface area contributed by atoms with Crippen molar-refractivity contribution in [1.29, 1.82) is 0 Å². The highest BCUT2D eigenvalue weighted by atomic mass is 32.2. The van der Waals surface area contributed by atoms with Crippen molar-refractivity contribution in [1.82, 2.24) is 19.8 Å². The van der Waals surface area contributed by atoms with E-state index >= 15 is 0 Å². The van der Waals surface area contributed by atoms with Crippen LogP contribution in [0.4, 0.5) is 0 Å². The fourth-order valence-electron chi connectivity index (χ4n) is 2.45. The van der Waals surface area contributed by atoms with Crippen LogP contribution in [0.15, 0.2) is 11.2 Å². The molecule has 0 amide bonds. The van der Waals surface area contributed by atoms with Gasteiger partial charge in [0.05, 0.1) is 6.20 Å². The van der Waals surface area contributed by atoms with Crippen LogP contribution in [0, 0.1) is 5.92 Å². The van der Waals surface area contributed by atoms with Crippen LogP contribution in [0.1, 0.15) is 45.1 Å². The third-order valence-corrected chi connectivity index (χ3v) is 6.17. The Bertz CT molecular complexity index is 588. The highest BCUT2D eigenvalue weighted by Gasteiger charge is 2.35. The zero-order valence-electron chi connectivity index (χ0n) is 12.7. The van der Waals surface area contributed by atoms with Crippen molar-refractivity contribution >= 4 is 10.0 Å². The van der Waals surface area contributed by atoms with Crippen molar-refractivity contribution in [3.05, 3.63) is 11.8 Å². The van der Waals surface area contributed by atoms with E-state index in [0.29, 0.717) is 25.0 Å². The first kappa shape index (κ1) is 15.0. The van der Waals surface area contributed by atoms with Gasteiger partial charge in [-0.1, -0.05) is 0 Å². The molecule has 1 aromatic heterocycles. The first-order chi connectivity index (χ1) is 9.98. The average molecular weight is 312 g/mol. The highest BCUT2D eigenvalue weighted by molar-refractivity contribution is 7.89. The molecular weight excluding hydrogens is 288 g/mol. The molecule has 0 unspecified atom stereocenters. The Labute approximate surface area is 126 Å². The molecule has 21 heavy (non-hydrogen) atoms. The standard InChI is InChI=1S/C14H24N4O2S/c1-10(2)18(9-11-3-4-11)21(19,20)14-12(8-16-17-14)7-15-13-5-6-13/h8,10-11,13,15H,3-7,9H2,1-2H3,(H,16,17). The summed E-state index contributed by atoms with van der Waals surface area (Å²) in [4.78, 5) is 0. The molecule has 2 aliphatic rings. The van der Waals surface area contributed by atoms with Gasteiger partial charge in [-0.05, 0) is 45.4 Å². The Morgan fingerprint density at radius 1 is 1.38 bits per heavy atom. The third kappa shape index (κ3) is 3.46. The average Bonchev–Trinajstić information content (AvgIpc) is 3.33. The van der Waals surface area contributed by atoms with Crippen LogP contribution in [0.2, 0.25) is 0 Å². The van der Waals surface area contributed by atoms with Crippen molar-refractivity contribution in [2.75, 3.05) is 6.54 Å². The number of aromatic nitrogens is 2. The second-order valence-corrected chi connectivity index (χ2v) is 8.32. The minimum atomic E-state index is -3.49. The van der Waals surface area contributed by atoms with Crippen LogP contribution >= 0.6 is 0 Å². The smallest absolute Gasteiger partial charge is 0.260 e. The lowest BCUT2D eigenvalue weighted by Crippen LogP contribution is -2.39. The first-order valence-corrected chi connectivity index (χ1v) is 9.20. The molecule has 1 heterocycles. The van der Waals surface area contributed by atoms with E-state index in [1.54, 1.807) is 10.5 Å². The summed E-state index contributed by atoms with van der Waals surface area (Å²) in [5, 5.41) is 10.3. The number of sulfonamides is 1. The van der Waals surface area contributed by atoms with E-state index in [4.69, 9.17) is 0 Å². The van der Waals surface area contributed by atoms with E-state index in [0.717, 1.165) is 18.4 Å². The van der Waals surface area contributed by atoms with Gasteiger partial charge in [-0.15, -0.1) is 0 Å². The van der Waals surface area contributed by atoms with E-state index in [-0.39, 0.29) is 11.1 Å². The maximum atomic E-state index is 12.9. The fraction of sp³-hybridized carbons (Fsp3) is 0.786. The van der Waals surface area contributed by atoms with Crippen molar-refractivity contribution in [2.45, 2.75) is 63.2 Å². The van der Waals surface area contributed by atoms with Gasteiger partial charge in [-0.25, -0.2) is 8.42 Å². The molecule has 0 aromatic carbocycles. The molecule has 6 nitrogen and oxygen atoms in total.